The lowest BCUT2D eigenvalue weighted by Gasteiger charge is -2.28. The average Bonchev–Trinajstić information content (AvgIpc) is 3.26. The highest BCUT2D eigenvalue weighted by Crippen LogP contribution is 2.38. The summed E-state index contributed by atoms with van der Waals surface area (Å²) in [5.74, 6) is -0.699. The summed E-state index contributed by atoms with van der Waals surface area (Å²) < 4.78 is 15.0. The number of rotatable bonds is 2. The number of benzene rings is 1. The largest absolute Gasteiger partial charge is 0.353 e. The van der Waals surface area contributed by atoms with Crippen molar-refractivity contribution in [2.45, 2.75) is 26.1 Å². The van der Waals surface area contributed by atoms with E-state index in [1.807, 2.05) is 28.8 Å². The van der Waals surface area contributed by atoms with Crippen molar-refractivity contribution in [3.05, 3.63) is 61.6 Å². The van der Waals surface area contributed by atoms with E-state index in [0.717, 1.165) is 43.1 Å². The van der Waals surface area contributed by atoms with E-state index in [1.165, 1.54) is 0 Å². The first kappa shape index (κ1) is 17.2. The molecule has 138 valence electrons. The molecule has 0 saturated carbocycles. The second-order valence-corrected chi connectivity index (χ2v) is 8.16. The lowest BCUT2D eigenvalue weighted by Crippen LogP contribution is -2.27. The molecule has 0 radical (unpaired) electrons. The van der Waals surface area contributed by atoms with E-state index in [2.05, 4.69) is 53.7 Å². The number of pyridine rings is 2. The Balaban J connectivity index is 1.88. The highest BCUT2D eigenvalue weighted by Gasteiger charge is 2.38. The molecule has 0 unspecified atom stereocenters. The molecule has 0 amide bonds. The number of halogens is 1. The summed E-state index contributed by atoms with van der Waals surface area (Å²) in [4.78, 5) is 16.6. The van der Waals surface area contributed by atoms with E-state index < -0.39 is 5.79 Å². The van der Waals surface area contributed by atoms with Gasteiger partial charge in [-0.15, -0.1) is 0 Å². The van der Waals surface area contributed by atoms with E-state index in [9.17, 15) is 4.79 Å². The summed E-state index contributed by atoms with van der Waals surface area (Å²) in [5, 5.41) is 1.44. The van der Waals surface area contributed by atoms with Crippen molar-refractivity contribution in [3.8, 4) is 0 Å². The molecule has 0 bridgehead atoms. The monoisotopic (exact) mass is 474 g/mol. The second-order valence-electron chi connectivity index (χ2n) is 7.00. The van der Waals surface area contributed by atoms with Crippen molar-refractivity contribution in [1.82, 2.24) is 9.38 Å². The predicted molar refractivity (Wildman–Crippen MR) is 114 cm³/mol. The maximum Gasteiger partial charge on any atom is 0.199 e. The van der Waals surface area contributed by atoms with Crippen LogP contribution in [0.2, 0.25) is 0 Å². The normalized spacial score (nSPS) is 16.7. The molecule has 4 heterocycles. The van der Waals surface area contributed by atoms with Crippen LogP contribution in [0.15, 0.2) is 41.5 Å². The van der Waals surface area contributed by atoms with Gasteiger partial charge in [-0.2, -0.15) is 0 Å². The smallest absolute Gasteiger partial charge is 0.199 e. The molecule has 1 aliphatic rings. The SMILES string of the molecule is CCC1(c2cc3c4[nH]c5cccc(I)c5c(=O)c4cn3cc2C)OCCO1. The number of hydrogen-bond donors (Lipinski definition) is 1. The van der Waals surface area contributed by atoms with Crippen molar-refractivity contribution >= 4 is 49.9 Å². The Morgan fingerprint density at radius 3 is 2.78 bits per heavy atom. The third kappa shape index (κ3) is 2.40. The van der Waals surface area contributed by atoms with Crippen LogP contribution in [0.5, 0.6) is 0 Å². The van der Waals surface area contributed by atoms with Gasteiger partial charge in [-0.25, -0.2) is 0 Å². The zero-order valence-electron chi connectivity index (χ0n) is 15.1. The van der Waals surface area contributed by atoms with Gasteiger partial charge >= 0.3 is 0 Å². The zero-order chi connectivity index (χ0) is 18.8. The molecule has 0 aliphatic carbocycles. The Labute approximate surface area is 169 Å². The number of aryl methyl sites for hydroxylation is 1. The number of H-pyrrole nitrogens is 1. The molecule has 5 nitrogen and oxygen atoms in total. The molecule has 3 aromatic heterocycles. The van der Waals surface area contributed by atoms with Crippen LogP contribution in [0.1, 0.15) is 24.5 Å². The number of hydrogen-bond acceptors (Lipinski definition) is 3. The molecule has 0 spiro atoms. The van der Waals surface area contributed by atoms with Crippen LogP contribution in [0, 0.1) is 10.5 Å². The van der Waals surface area contributed by atoms with Gasteiger partial charge in [-0.3, -0.25) is 4.79 Å². The maximum atomic E-state index is 13.1. The third-order valence-corrected chi connectivity index (χ3v) is 6.38. The van der Waals surface area contributed by atoms with Crippen LogP contribution in [-0.2, 0) is 15.3 Å². The molecule has 1 aliphatic heterocycles. The van der Waals surface area contributed by atoms with E-state index in [-0.39, 0.29) is 5.43 Å². The number of nitrogens with one attached hydrogen (secondary N) is 1. The number of aromatic amines is 1. The molecule has 1 aromatic carbocycles. The van der Waals surface area contributed by atoms with Gasteiger partial charge in [-0.1, -0.05) is 13.0 Å². The van der Waals surface area contributed by atoms with Crippen molar-refractivity contribution in [2.75, 3.05) is 13.2 Å². The minimum absolute atomic E-state index is 0.0604. The maximum absolute atomic E-state index is 13.1. The fourth-order valence-corrected chi connectivity index (χ4v) is 4.91. The van der Waals surface area contributed by atoms with Crippen LogP contribution in [-0.4, -0.2) is 22.6 Å². The minimum Gasteiger partial charge on any atom is -0.353 e. The molecule has 27 heavy (non-hydrogen) atoms. The summed E-state index contributed by atoms with van der Waals surface area (Å²) >= 11 is 2.22. The fourth-order valence-electron chi connectivity index (χ4n) is 4.17. The Bertz CT molecular complexity index is 1270. The van der Waals surface area contributed by atoms with Crippen molar-refractivity contribution in [3.63, 3.8) is 0 Å². The van der Waals surface area contributed by atoms with Gasteiger partial charge in [-0.05, 0) is 53.3 Å². The Morgan fingerprint density at radius 1 is 1.26 bits per heavy atom. The number of ether oxygens (including phenoxy) is 2. The lowest BCUT2D eigenvalue weighted by molar-refractivity contribution is -0.167. The van der Waals surface area contributed by atoms with E-state index in [0.29, 0.717) is 18.6 Å². The molecule has 6 heteroatoms. The molecule has 0 atom stereocenters. The predicted octanol–water partition coefficient (Wildman–Crippen LogP) is 4.46. The summed E-state index contributed by atoms with van der Waals surface area (Å²) in [7, 11) is 0. The highest BCUT2D eigenvalue weighted by atomic mass is 127. The molecule has 1 N–H and O–H groups in total. The number of aromatic nitrogens is 2. The van der Waals surface area contributed by atoms with Gasteiger partial charge < -0.3 is 18.9 Å². The molecule has 1 saturated heterocycles. The Hall–Kier alpha value is -1.90. The molecule has 5 rings (SSSR count). The molecular formula is C21H19IN2O3. The van der Waals surface area contributed by atoms with Gasteiger partial charge in [0, 0.05) is 27.9 Å². The standard InChI is InChI=1S/C21H19IN2O3/c1-3-21(26-7-8-27-21)14-9-17-19-13(11-24(17)10-12(14)2)20(25)18-15(22)5-4-6-16(18)23-19/h4-6,9-11,23H,3,7-8H2,1-2H3. The minimum atomic E-state index is -0.699. The molecule has 1 fully saturated rings. The first-order chi connectivity index (χ1) is 13.0. The van der Waals surface area contributed by atoms with Gasteiger partial charge in [0.15, 0.2) is 11.2 Å². The number of fused-ring (bicyclic) bond motifs is 4. The summed E-state index contributed by atoms with van der Waals surface area (Å²) in [6.07, 6.45) is 4.70. The fraction of sp³-hybridized carbons (Fsp3) is 0.286. The Morgan fingerprint density at radius 2 is 2.04 bits per heavy atom. The summed E-state index contributed by atoms with van der Waals surface area (Å²) in [6.45, 7) is 5.33. The highest BCUT2D eigenvalue weighted by molar-refractivity contribution is 14.1. The molecular weight excluding hydrogens is 455 g/mol. The summed E-state index contributed by atoms with van der Waals surface area (Å²) in [6, 6.07) is 7.98. The van der Waals surface area contributed by atoms with Gasteiger partial charge in [0.25, 0.3) is 0 Å². The first-order valence-electron chi connectivity index (χ1n) is 9.08. The van der Waals surface area contributed by atoms with Crippen LogP contribution in [0.4, 0.5) is 0 Å². The van der Waals surface area contributed by atoms with Crippen molar-refractivity contribution in [1.29, 1.82) is 0 Å². The quantitative estimate of drug-likeness (QED) is 0.437. The van der Waals surface area contributed by atoms with E-state index >= 15 is 0 Å². The lowest BCUT2D eigenvalue weighted by atomic mass is 9.99. The average molecular weight is 474 g/mol. The topological polar surface area (TPSA) is 55.7 Å². The molecule has 4 aromatic rings. The van der Waals surface area contributed by atoms with Crippen LogP contribution < -0.4 is 5.43 Å². The van der Waals surface area contributed by atoms with Crippen LogP contribution in [0.3, 0.4) is 0 Å². The van der Waals surface area contributed by atoms with Crippen molar-refractivity contribution < 1.29 is 9.47 Å². The first-order valence-corrected chi connectivity index (χ1v) is 10.2. The number of nitrogens with zero attached hydrogens (tertiary/aromatic N) is 1. The van der Waals surface area contributed by atoms with E-state index in [4.69, 9.17) is 9.47 Å². The second kappa shape index (κ2) is 6.05. The van der Waals surface area contributed by atoms with Gasteiger partial charge in [0.1, 0.15) is 0 Å². The van der Waals surface area contributed by atoms with Crippen LogP contribution in [0.25, 0.3) is 27.3 Å². The van der Waals surface area contributed by atoms with Crippen molar-refractivity contribution in [2.24, 2.45) is 0 Å². The van der Waals surface area contributed by atoms with Gasteiger partial charge in [0.2, 0.25) is 0 Å². The zero-order valence-corrected chi connectivity index (χ0v) is 17.3. The van der Waals surface area contributed by atoms with E-state index in [1.54, 1.807) is 0 Å². The Kier molecular flexibility index (Phi) is 3.86. The van der Waals surface area contributed by atoms with Gasteiger partial charge in [0.05, 0.1) is 40.5 Å². The summed E-state index contributed by atoms with van der Waals surface area (Å²) in [5.41, 5.74) is 4.82. The van der Waals surface area contributed by atoms with Crippen LogP contribution >= 0.6 is 22.6 Å². The third-order valence-electron chi connectivity index (χ3n) is 5.49.